The Morgan fingerprint density at radius 3 is 2.94 bits per heavy atom. The molecule has 88 valence electrons. The van der Waals surface area contributed by atoms with Crippen molar-refractivity contribution < 1.29 is 9.66 Å². The lowest BCUT2D eigenvalue weighted by Crippen LogP contribution is -2.02. The summed E-state index contributed by atoms with van der Waals surface area (Å²) in [7, 11) is 1.40. The average Bonchev–Trinajstić information content (AvgIpc) is 2.81. The van der Waals surface area contributed by atoms with Gasteiger partial charge in [0, 0.05) is 12.3 Å². The minimum Gasteiger partial charge on any atom is -0.490 e. The Kier molecular flexibility index (Phi) is 2.99. The first-order chi connectivity index (χ1) is 8.20. The number of nitro benzene ring substituents is 1. The topological polar surface area (TPSA) is 83.1 Å². The quantitative estimate of drug-likeness (QED) is 0.587. The highest BCUT2D eigenvalue weighted by atomic mass is 16.6. The first-order valence-electron chi connectivity index (χ1n) is 4.86. The number of methoxy groups -OCH3 is 1. The van der Waals surface area contributed by atoms with E-state index in [1.807, 2.05) is 0 Å². The van der Waals surface area contributed by atoms with Crippen molar-refractivity contribution >= 4 is 5.69 Å². The summed E-state index contributed by atoms with van der Waals surface area (Å²) < 4.78 is 6.51. The van der Waals surface area contributed by atoms with Crippen molar-refractivity contribution in [3.63, 3.8) is 0 Å². The van der Waals surface area contributed by atoms with Crippen LogP contribution >= 0.6 is 0 Å². The second-order valence-electron chi connectivity index (χ2n) is 3.36. The summed E-state index contributed by atoms with van der Waals surface area (Å²) in [5.41, 5.74) is 0.716. The van der Waals surface area contributed by atoms with Crippen LogP contribution in [0.3, 0.4) is 0 Å². The summed E-state index contributed by atoms with van der Waals surface area (Å²) in [4.78, 5) is 10.4. The zero-order valence-corrected chi connectivity index (χ0v) is 9.11. The molecule has 0 aliphatic carbocycles. The van der Waals surface area contributed by atoms with Gasteiger partial charge in [-0.25, -0.2) is 4.68 Å². The van der Waals surface area contributed by atoms with Crippen molar-refractivity contribution in [2.24, 2.45) is 0 Å². The zero-order chi connectivity index (χ0) is 12.3. The summed E-state index contributed by atoms with van der Waals surface area (Å²) in [6.45, 7) is 0.435. The van der Waals surface area contributed by atoms with Crippen molar-refractivity contribution in [3.05, 3.63) is 46.3 Å². The molecule has 1 aromatic heterocycles. The smallest absolute Gasteiger partial charge is 0.311 e. The van der Waals surface area contributed by atoms with Crippen LogP contribution in [0.1, 0.15) is 5.56 Å². The van der Waals surface area contributed by atoms with E-state index in [2.05, 4.69) is 10.3 Å². The van der Waals surface area contributed by atoms with E-state index in [0.717, 1.165) is 5.56 Å². The van der Waals surface area contributed by atoms with Crippen molar-refractivity contribution in [2.75, 3.05) is 7.11 Å². The third-order valence-electron chi connectivity index (χ3n) is 2.26. The van der Waals surface area contributed by atoms with Crippen molar-refractivity contribution in [3.8, 4) is 5.75 Å². The molecule has 0 unspecified atom stereocenters. The van der Waals surface area contributed by atoms with Crippen LogP contribution in [-0.4, -0.2) is 27.0 Å². The van der Waals surface area contributed by atoms with Gasteiger partial charge >= 0.3 is 5.69 Å². The van der Waals surface area contributed by atoms with E-state index in [1.165, 1.54) is 13.2 Å². The van der Waals surface area contributed by atoms with Gasteiger partial charge in [0.05, 0.1) is 24.8 Å². The van der Waals surface area contributed by atoms with Gasteiger partial charge in [-0.15, -0.1) is 5.10 Å². The molecule has 0 saturated carbocycles. The molecule has 0 atom stereocenters. The maximum absolute atomic E-state index is 10.8. The molecule has 7 heteroatoms. The van der Waals surface area contributed by atoms with Crippen LogP contribution in [0.2, 0.25) is 0 Å². The van der Waals surface area contributed by atoms with Gasteiger partial charge in [-0.3, -0.25) is 10.1 Å². The normalized spacial score (nSPS) is 10.2. The Morgan fingerprint density at radius 2 is 2.35 bits per heavy atom. The van der Waals surface area contributed by atoms with Crippen LogP contribution in [0.15, 0.2) is 30.6 Å². The van der Waals surface area contributed by atoms with Gasteiger partial charge < -0.3 is 4.74 Å². The van der Waals surface area contributed by atoms with Crippen molar-refractivity contribution in [2.45, 2.75) is 6.54 Å². The van der Waals surface area contributed by atoms with Crippen LogP contribution in [0.25, 0.3) is 0 Å². The maximum atomic E-state index is 10.8. The van der Waals surface area contributed by atoms with E-state index in [9.17, 15) is 10.1 Å². The van der Waals surface area contributed by atoms with Gasteiger partial charge in [0.2, 0.25) is 0 Å². The molecule has 0 N–H and O–H groups in total. The first kappa shape index (κ1) is 11.1. The number of ether oxygens (including phenoxy) is 1. The monoisotopic (exact) mass is 234 g/mol. The minimum atomic E-state index is -0.469. The fourth-order valence-electron chi connectivity index (χ4n) is 1.48. The molecule has 17 heavy (non-hydrogen) atoms. The van der Waals surface area contributed by atoms with Gasteiger partial charge in [0.15, 0.2) is 5.75 Å². The van der Waals surface area contributed by atoms with Crippen LogP contribution < -0.4 is 4.74 Å². The molecular weight excluding hydrogens is 224 g/mol. The predicted octanol–water partition coefficient (Wildman–Crippen LogP) is 1.24. The zero-order valence-electron chi connectivity index (χ0n) is 9.11. The molecule has 1 aromatic carbocycles. The summed E-state index contributed by atoms with van der Waals surface area (Å²) in [5, 5.41) is 18.3. The Balaban J connectivity index is 2.30. The second kappa shape index (κ2) is 4.60. The van der Waals surface area contributed by atoms with Crippen LogP contribution in [0.4, 0.5) is 5.69 Å². The van der Waals surface area contributed by atoms with Gasteiger partial charge in [-0.1, -0.05) is 11.3 Å². The summed E-state index contributed by atoms with van der Waals surface area (Å²) in [6, 6.07) is 4.80. The van der Waals surface area contributed by atoms with E-state index in [1.54, 1.807) is 29.2 Å². The molecule has 1 heterocycles. The first-order valence-corrected chi connectivity index (χ1v) is 4.86. The lowest BCUT2D eigenvalue weighted by Gasteiger charge is -2.04. The Labute approximate surface area is 96.8 Å². The number of rotatable bonds is 4. The molecule has 0 saturated heterocycles. The highest BCUT2D eigenvalue weighted by Gasteiger charge is 2.15. The van der Waals surface area contributed by atoms with Crippen molar-refractivity contribution in [1.29, 1.82) is 0 Å². The standard InChI is InChI=1S/C10H10N4O3/c1-17-10-3-2-8(6-9(10)14(15)16)7-13-5-4-11-12-13/h2-6H,7H2,1H3. The Hall–Kier alpha value is -2.44. The molecule has 0 aliphatic rings. The number of hydrogen-bond donors (Lipinski definition) is 0. The van der Waals surface area contributed by atoms with Crippen LogP contribution in [0.5, 0.6) is 5.75 Å². The lowest BCUT2D eigenvalue weighted by atomic mass is 10.2. The minimum absolute atomic E-state index is 0.0508. The maximum Gasteiger partial charge on any atom is 0.311 e. The number of nitrogens with zero attached hydrogens (tertiary/aromatic N) is 4. The highest BCUT2D eigenvalue weighted by Crippen LogP contribution is 2.27. The predicted molar refractivity (Wildman–Crippen MR) is 58.8 cm³/mol. The second-order valence-corrected chi connectivity index (χ2v) is 3.36. The molecular formula is C10H10N4O3. The summed E-state index contributed by atoms with van der Waals surface area (Å²) in [6.07, 6.45) is 3.24. The molecule has 7 nitrogen and oxygen atoms in total. The number of benzene rings is 1. The fourth-order valence-corrected chi connectivity index (χ4v) is 1.48. The molecule has 0 fully saturated rings. The van der Waals surface area contributed by atoms with Gasteiger partial charge in [-0.05, 0) is 11.6 Å². The third kappa shape index (κ3) is 2.39. The SMILES string of the molecule is COc1ccc(Cn2ccnn2)cc1[N+](=O)[O-]. The molecule has 2 rings (SSSR count). The average molecular weight is 234 g/mol. The summed E-state index contributed by atoms with van der Waals surface area (Å²) in [5.74, 6) is 0.248. The van der Waals surface area contributed by atoms with E-state index < -0.39 is 4.92 Å². The highest BCUT2D eigenvalue weighted by molar-refractivity contribution is 5.48. The molecule has 0 amide bonds. The number of hydrogen-bond acceptors (Lipinski definition) is 5. The van der Waals surface area contributed by atoms with Crippen LogP contribution in [-0.2, 0) is 6.54 Å². The number of nitro groups is 1. The van der Waals surface area contributed by atoms with E-state index in [4.69, 9.17) is 4.74 Å². The third-order valence-corrected chi connectivity index (χ3v) is 2.26. The van der Waals surface area contributed by atoms with Gasteiger partial charge in [-0.2, -0.15) is 0 Å². The molecule has 0 aliphatic heterocycles. The largest absolute Gasteiger partial charge is 0.490 e. The Bertz CT molecular complexity index is 524. The molecule has 2 aromatic rings. The van der Waals surface area contributed by atoms with E-state index in [0.29, 0.717) is 6.54 Å². The Morgan fingerprint density at radius 1 is 1.53 bits per heavy atom. The van der Waals surface area contributed by atoms with Gasteiger partial charge in [0.25, 0.3) is 0 Å². The lowest BCUT2D eigenvalue weighted by molar-refractivity contribution is -0.385. The number of aromatic nitrogens is 3. The van der Waals surface area contributed by atoms with E-state index in [-0.39, 0.29) is 11.4 Å². The molecule has 0 radical (unpaired) electrons. The fraction of sp³-hybridized carbons (Fsp3) is 0.200. The molecule has 0 bridgehead atoms. The van der Waals surface area contributed by atoms with Crippen LogP contribution in [0, 0.1) is 10.1 Å². The van der Waals surface area contributed by atoms with E-state index >= 15 is 0 Å². The van der Waals surface area contributed by atoms with Crippen molar-refractivity contribution in [1.82, 2.24) is 15.0 Å². The van der Waals surface area contributed by atoms with Gasteiger partial charge in [0.1, 0.15) is 0 Å². The summed E-state index contributed by atoms with van der Waals surface area (Å²) >= 11 is 0. The molecule has 0 spiro atoms.